The standard InChI is InChI=1S/C46H66N14O10/c1-5-23(3)38(49)45(69)54-31(17-36(47)62)42(66)52-32(18-37(48)63)43(67)56-39(24(4)6-2)46(70)59-20-26(33-21-60(58-57-33)27-11-7-8-12-27)16-35(59)44(68)53-30(41(65)55-34(22-61)40(50)64)15-25-19-51-29-14-10-9-13-28(25)29/h7-11,13-14,19,21,23-24,26,30-32,34-35,38-39,51,57-58,61H,5-6,12,15-18,20,22,49H2,1-4H3,(H2,47,62)(H2,48,63)(H2,50,64)(H,52,66)(H,53,68)(H,54,69)(H,55,65)(H,56,67)/t23-,24-,26?,30-,31-,32-,34-,35-,38-,39-/m0/s1. The molecule has 1 unspecified atom stereocenters. The number of likely N-dealkylation sites (tertiary alicyclic amines) is 1. The highest BCUT2D eigenvalue weighted by atomic mass is 16.3. The molecule has 24 heteroatoms. The summed E-state index contributed by atoms with van der Waals surface area (Å²) in [5.74, 6) is -9.61. The number of allylic oxidation sites excluding steroid dienone is 3. The van der Waals surface area contributed by atoms with Crippen molar-refractivity contribution in [1.29, 1.82) is 0 Å². The van der Waals surface area contributed by atoms with Gasteiger partial charge < -0.3 is 69.9 Å². The molecule has 2 aliphatic heterocycles. The van der Waals surface area contributed by atoms with Crippen LogP contribution in [0.2, 0.25) is 0 Å². The van der Waals surface area contributed by atoms with Gasteiger partial charge in [0.25, 0.3) is 0 Å². The van der Waals surface area contributed by atoms with Crippen molar-refractivity contribution in [2.24, 2.45) is 40.7 Å². The fourth-order valence-corrected chi connectivity index (χ4v) is 8.32. The fourth-order valence-electron chi connectivity index (χ4n) is 8.32. The number of para-hydroxylation sites is 1. The number of nitrogens with two attached hydrogens (primary N) is 4. The monoisotopic (exact) mass is 975 g/mol. The SMILES string of the molecule is CC[C@H](C)[C@H](N)C(=O)N[C@@H](CC(N)=O)C(=O)N[C@@H](CC(N)=O)C(=O)N[C@H](C(=O)N1CC(C2=CN(C3=CC=CC3)NN2)C[C@H]1C(=O)N[C@@H](Cc1c[nH]c2ccccc12)C(=O)N[C@@H](CO)C(N)=O)[C@@H](C)CC. The molecule has 24 nitrogen and oxygen atoms in total. The van der Waals surface area contributed by atoms with E-state index in [9.17, 15) is 43.5 Å². The highest BCUT2D eigenvalue weighted by Crippen LogP contribution is 2.32. The van der Waals surface area contributed by atoms with Crippen LogP contribution in [0, 0.1) is 17.8 Å². The Hall–Kier alpha value is -7.31. The van der Waals surface area contributed by atoms with E-state index in [1.165, 1.54) is 4.90 Å². The summed E-state index contributed by atoms with van der Waals surface area (Å²) in [5.41, 5.74) is 31.5. The van der Waals surface area contributed by atoms with Crippen molar-refractivity contribution in [2.75, 3.05) is 13.2 Å². The molecule has 380 valence electrons. The number of nitrogens with zero attached hydrogens (tertiary/aromatic N) is 2. The molecule has 0 radical (unpaired) electrons. The van der Waals surface area contributed by atoms with E-state index in [-0.39, 0.29) is 25.3 Å². The molecule has 1 aromatic heterocycles. The van der Waals surface area contributed by atoms with E-state index in [1.807, 2.05) is 43.4 Å². The average Bonchev–Trinajstić information content (AvgIpc) is 4.18. The smallest absolute Gasteiger partial charge is 0.246 e. The van der Waals surface area contributed by atoms with Gasteiger partial charge in [0.15, 0.2) is 0 Å². The first kappa shape index (κ1) is 53.6. The van der Waals surface area contributed by atoms with Crippen molar-refractivity contribution in [3.63, 3.8) is 0 Å². The van der Waals surface area contributed by atoms with E-state index in [2.05, 4.69) is 42.5 Å². The number of aromatic amines is 1. The average molecular weight is 975 g/mol. The highest BCUT2D eigenvalue weighted by Gasteiger charge is 2.46. The lowest BCUT2D eigenvalue weighted by Gasteiger charge is -2.33. The number of hydrogen-bond acceptors (Lipinski definition) is 14. The Morgan fingerprint density at radius 3 is 2.01 bits per heavy atom. The number of benzene rings is 1. The van der Waals surface area contributed by atoms with Crippen LogP contribution in [0.15, 0.2) is 66.3 Å². The lowest BCUT2D eigenvalue weighted by Crippen LogP contribution is -2.61. The first-order chi connectivity index (χ1) is 33.3. The number of hydrogen-bond donors (Lipinski definition) is 13. The maximum atomic E-state index is 15.1. The summed E-state index contributed by atoms with van der Waals surface area (Å²) in [6, 6.07) is -2.61. The Kier molecular flexibility index (Phi) is 18.6. The molecule has 5 rings (SSSR count). The molecule has 2 aromatic rings. The molecule has 0 spiro atoms. The van der Waals surface area contributed by atoms with Gasteiger partial charge in [0.1, 0.15) is 36.3 Å². The van der Waals surface area contributed by atoms with Crippen molar-refractivity contribution in [1.82, 2.24) is 52.4 Å². The number of H-pyrrole nitrogens is 1. The number of fused-ring (bicyclic) bond motifs is 1. The van der Waals surface area contributed by atoms with Crippen LogP contribution < -0.4 is 60.5 Å². The minimum Gasteiger partial charge on any atom is -0.394 e. The lowest BCUT2D eigenvalue weighted by molar-refractivity contribution is -0.144. The van der Waals surface area contributed by atoms with Crippen LogP contribution in [0.4, 0.5) is 0 Å². The molecule has 0 saturated carbocycles. The third-order valence-corrected chi connectivity index (χ3v) is 13.0. The second-order valence-corrected chi connectivity index (χ2v) is 17.9. The molecule has 10 atom stereocenters. The number of amides is 9. The summed E-state index contributed by atoms with van der Waals surface area (Å²) >= 11 is 0. The third kappa shape index (κ3) is 13.5. The summed E-state index contributed by atoms with van der Waals surface area (Å²) in [4.78, 5) is 126. The van der Waals surface area contributed by atoms with Gasteiger partial charge in [-0.1, -0.05) is 70.9 Å². The minimum absolute atomic E-state index is 0.0282. The number of nitrogens with one attached hydrogen (secondary N) is 8. The fraction of sp³-hybridized carbons (Fsp3) is 0.500. The van der Waals surface area contributed by atoms with Gasteiger partial charge in [-0.05, 0) is 36.0 Å². The zero-order valence-electron chi connectivity index (χ0n) is 39.7. The van der Waals surface area contributed by atoms with Gasteiger partial charge in [0.05, 0.1) is 31.2 Å². The third-order valence-electron chi connectivity index (χ3n) is 13.0. The highest BCUT2D eigenvalue weighted by molar-refractivity contribution is 6.00. The Bertz CT molecular complexity index is 2400. The Morgan fingerprint density at radius 1 is 0.800 bits per heavy atom. The maximum Gasteiger partial charge on any atom is 0.246 e. The molecule has 70 heavy (non-hydrogen) atoms. The molecular weight excluding hydrogens is 909 g/mol. The number of carbonyl (C=O) groups excluding carboxylic acids is 9. The summed E-state index contributed by atoms with van der Waals surface area (Å²) in [6.45, 7) is 6.09. The van der Waals surface area contributed by atoms with Crippen LogP contribution in [0.1, 0.15) is 71.8 Å². The number of aliphatic hydroxyl groups is 1. The van der Waals surface area contributed by atoms with E-state index in [0.29, 0.717) is 30.5 Å². The van der Waals surface area contributed by atoms with Crippen molar-refractivity contribution in [3.8, 4) is 0 Å². The van der Waals surface area contributed by atoms with Crippen molar-refractivity contribution < 1.29 is 48.3 Å². The zero-order valence-corrected chi connectivity index (χ0v) is 39.7. The van der Waals surface area contributed by atoms with Crippen LogP contribution in [0.25, 0.3) is 10.9 Å². The number of primary amides is 3. The Labute approximate surface area is 404 Å². The van der Waals surface area contributed by atoms with Crippen LogP contribution in [0.5, 0.6) is 0 Å². The first-order valence-corrected chi connectivity index (χ1v) is 23.2. The molecule has 3 heterocycles. The Balaban J connectivity index is 1.46. The molecule has 1 aromatic carbocycles. The zero-order chi connectivity index (χ0) is 51.4. The van der Waals surface area contributed by atoms with Gasteiger partial charge in [-0.25, -0.2) is 0 Å². The molecule has 17 N–H and O–H groups in total. The molecule has 1 saturated heterocycles. The predicted octanol–water partition coefficient (Wildman–Crippen LogP) is -2.99. The molecular formula is C46H66N14O10. The van der Waals surface area contributed by atoms with Crippen LogP contribution in [-0.2, 0) is 49.6 Å². The molecule has 1 aliphatic carbocycles. The predicted molar refractivity (Wildman–Crippen MR) is 254 cm³/mol. The summed E-state index contributed by atoms with van der Waals surface area (Å²) in [7, 11) is 0. The van der Waals surface area contributed by atoms with Crippen LogP contribution in [-0.4, -0.2) is 129 Å². The number of rotatable bonds is 25. The van der Waals surface area contributed by atoms with E-state index in [4.69, 9.17) is 22.9 Å². The second kappa shape index (κ2) is 24.3. The molecule has 0 bridgehead atoms. The minimum atomic E-state index is -1.72. The topological polar surface area (TPSA) is 384 Å². The van der Waals surface area contributed by atoms with Crippen LogP contribution in [0.3, 0.4) is 0 Å². The number of hydrazine groups is 2. The summed E-state index contributed by atoms with van der Waals surface area (Å²) in [6.07, 6.45) is 9.23. The summed E-state index contributed by atoms with van der Waals surface area (Å²) in [5, 5.41) is 25.0. The summed E-state index contributed by atoms with van der Waals surface area (Å²) < 4.78 is 0. The van der Waals surface area contributed by atoms with Gasteiger partial charge >= 0.3 is 0 Å². The number of aliphatic hydroxyl groups excluding tert-OH is 1. The van der Waals surface area contributed by atoms with Crippen molar-refractivity contribution in [2.45, 2.75) is 115 Å². The van der Waals surface area contributed by atoms with Gasteiger partial charge in [-0.15, -0.1) is 5.53 Å². The van der Waals surface area contributed by atoms with Gasteiger partial charge in [0, 0.05) is 54.3 Å². The normalized spacial score (nSPS) is 19.8. The molecule has 9 amide bonds. The maximum absolute atomic E-state index is 15.1. The number of carbonyl (C=O) groups is 9. The lowest BCUT2D eigenvalue weighted by atomic mass is 9.96. The van der Waals surface area contributed by atoms with E-state index < -0.39 is 127 Å². The first-order valence-electron chi connectivity index (χ1n) is 23.2. The van der Waals surface area contributed by atoms with Gasteiger partial charge in [-0.2, -0.15) is 0 Å². The molecule has 1 fully saturated rings. The largest absolute Gasteiger partial charge is 0.394 e. The van der Waals surface area contributed by atoms with Gasteiger partial charge in [-0.3, -0.25) is 48.2 Å². The van der Waals surface area contributed by atoms with E-state index >= 15 is 4.79 Å². The van der Waals surface area contributed by atoms with Crippen molar-refractivity contribution >= 4 is 64.1 Å². The van der Waals surface area contributed by atoms with Crippen LogP contribution >= 0.6 is 0 Å². The van der Waals surface area contributed by atoms with Crippen molar-refractivity contribution in [3.05, 3.63) is 71.8 Å². The van der Waals surface area contributed by atoms with E-state index in [1.54, 1.807) is 44.2 Å². The number of aromatic nitrogens is 1. The van der Waals surface area contributed by atoms with Gasteiger partial charge in [0.2, 0.25) is 53.2 Å². The second-order valence-electron chi connectivity index (χ2n) is 17.9. The van der Waals surface area contributed by atoms with E-state index in [0.717, 1.165) is 16.6 Å². The Morgan fingerprint density at radius 2 is 1.41 bits per heavy atom. The molecule has 3 aliphatic rings. The quantitative estimate of drug-likeness (QED) is 0.0472.